The van der Waals surface area contributed by atoms with Crippen LogP contribution in [0.2, 0.25) is 0 Å². The molecule has 0 aliphatic heterocycles. The Balaban J connectivity index is 1.66. The Hall–Kier alpha value is -3.83. The standard InChI is InChI=1S/C27H20Br2N4O5/c1-3-15(2)37-25-20(29)10-16(11-22(25)33(35)36)14-30-32-26(31-21-7-5-4-6-19(21)27(32)34)24-13-17-12-18(28)8-9-23(17)38-24/h4-15H,3H2,1-2H3/t15-/m0/s1. The minimum Gasteiger partial charge on any atom is -0.483 e. The maximum Gasteiger partial charge on any atom is 0.312 e. The van der Waals surface area contributed by atoms with Crippen LogP contribution in [0.25, 0.3) is 33.5 Å². The number of hydrogen-bond donors (Lipinski definition) is 0. The number of rotatable bonds is 7. The van der Waals surface area contributed by atoms with Gasteiger partial charge < -0.3 is 9.15 Å². The second-order valence-corrected chi connectivity index (χ2v) is 10.3. The molecule has 0 fully saturated rings. The molecule has 0 bridgehead atoms. The van der Waals surface area contributed by atoms with Crippen LogP contribution in [0.3, 0.4) is 0 Å². The molecule has 0 aliphatic carbocycles. The van der Waals surface area contributed by atoms with Crippen molar-refractivity contribution in [1.82, 2.24) is 9.66 Å². The molecule has 5 aromatic rings. The lowest BCUT2D eigenvalue weighted by molar-refractivity contribution is -0.386. The molecule has 0 spiro atoms. The van der Waals surface area contributed by atoms with Crippen molar-refractivity contribution in [3.05, 3.63) is 95.6 Å². The number of hydrogen-bond acceptors (Lipinski definition) is 7. The summed E-state index contributed by atoms with van der Waals surface area (Å²) in [5.74, 6) is 0.685. The Bertz CT molecular complexity index is 1790. The van der Waals surface area contributed by atoms with Crippen molar-refractivity contribution in [2.45, 2.75) is 26.4 Å². The molecule has 0 aliphatic rings. The second kappa shape index (κ2) is 10.5. The van der Waals surface area contributed by atoms with Crippen LogP contribution < -0.4 is 10.3 Å². The highest BCUT2D eigenvalue weighted by Crippen LogP contribution is 2.37. The molecule has 2 aromatic heterocycles. The average molecular weight is 640 g/mol. The highest BCUT2D eigenvalue weighted by Gasteiger charge is 2.22. The van der Waals surface area contributed by atoms with Gasteiger partial charge in [-0.1, -0.05) is 35.0 Å². The van der Waals surface area contributed by atoms with E-state index in [1.165, 1.54) is 12.3 Å². The van der Waals surface area contributed by atoms with E-state index >= 15 is 0 Å². The third-order valence-corrected chi connectivity index (χ3v) is 6.99. The third-order valence-electron chi connectivity index (χ3n) is 5.91. The lowest BCUT2D eigenvalue weighted by atomic mass is 10.2. The molecule has 1 atom stereocenters. The number of fused-ring (bicyclic) bond motifs is 2. The Morgan fingerprint density at radius 2 is 1.97 bits per heavy atom. The summed E-state index contributed by atoms with van der Waals surface area (Å²) in [5.41, 5.74) is 0.879. The molecule has 192 valence electrons. The minimum absolute atomic E-state index is 0.139. The van der Waals surface area contributed by atoms with Gasteiger partial charge in [-0.2, -0.15) is 9.78 Å². The van der Waals surface area contributed by atoms with Gasteiger partial charge in [-0.25, -0.2) is 4.98 Å². The lowest BCUT2D eigenvalue weighted by Crippen LogP contribution is -2.20. The molecule has 2 heterocycles. The zero-order chi connectivity index (χ0) is 27.0. The van der Waals surface area contributed by atoms with Crippen molar-refractivity contribution < 1.29 is 14.1 Å². The molecule has 5 rings (SSSR count). The van der Waals surface area contributed by atoms with Gasteiger partial charge in [-0.3, -0.25) is 14.9 Å². The van der Waals surface area contributed by atoms with Crippen molar-refractivity contribution in [2.75, 3.05) is 0 Å². The van der Waals surface area contributed by atoms with Crippen LogP contribution in [0.1, 0.15) is 25.8 Å². The van der Waals surface area contributed by atoms with Gasteiger partial charge in [0.2, 0.25) is 11.6 Å². The fraction of sp³-hybridized carbons (Fsp3) is 0.148. The van der Waals surface area contributed by atoms with E-state index in [1.807, 2.05) is 32.0 Å². The van der Waals surface area contributed by atoms with E-state index in [0.29, 0.717) is 38.7 Å². The van der Waals surface area contributed by atoms with E-state index in [2.05, 4.69) is 41.9 Å². The van der Waals surface area contributed by atoms with Gasteiger partial charge in [0, 0.05) is 21.5 Å². The van der Waals surface area contributed by atoms with Crippen LogP contribution in [0.15, 0.2) is 83.9 Å². The molecule has 0 saturated heterocycles. The topological polar surface area (TPSA) is 113 Å². The maximum absolute atomic E-state index is 13.5. The molecular weight excluding hydrogens is 620 g/mol. The Morgan fingerprint density at radius 3 is 2.74 bits per heavy atom. The summed E-state index contributed by atoms with van der Waals surface area (Å²) >= 11 is 6.84. The number of nitrogens with zero attached hydrogens (tertiary/aromatic N) is 4. The SMILES string of the molecule is CC[C@H](C)Oc1c(Br)cc(C=Nn2c(-c3cc4cc(Br)ccc4o3)nc3ccccc3c2=O)cc1[N+](=O)[O-]. The number of halogens is 2. The van der Waals surface area contributed by atoms with Crippen LogP contribution in [-0.4, -0.2) is 26.9 Å². The number of ether oxygens (including phenoxy) is 1. The molecule has 0 saturated carbocycles. The Morgan fingerprint density at radius 1 is 1.18 bits per heavy atom. The number of furan rings is 1. The summed E-state index contributed by atoms with van der Waals surface area (Å²) in [7, 11) is 0. The molecule has 0 radical (unpaired) electrons. The molecule has 11 heteroatoms. The lowest BCUT2D eigenvalue weighted by Gasteiger charge is -2.14. The first-order valence-electron chi connectivity index (χ1n) is 11.7. The molecule has 9 nitrogen and oxygen atoms in total. The predicted octanol–water partition coefficient (Wildman–Crippen LogP) is 7.30. The van der Waals surface area contributed by atoms with Gasteiger partial charge in [0.25, 0.3) is 5.56 Å². The fourth-order valence-electron chi connectivity index (χ4n) is 3.85. The van der Waals surface area contributed by atoms with Crippen molar-refractivity contribution >= 4 is 65.6 Å². The average Bonchev–Trinajstić information content (AvgIpc) is 3.32. The third kappa shape index (κ3) is 4.99. The van der Waals surface area contributed by atoms with Crippen molar-refractivity contribution in [3.63, 3.8) is 0 Å². The molecule has 38 heavy (non-hydrogen) atoms. The summed E-state index contributed by atoms with van der Waals surface area (Å²) < 4.78 is 14.2. The van der Waals surface area contributed by atoms with E-state index in [0.717, 1.165) is 14.5 Å². The van der Waals surface area contributed by atoms with Crippen molar-refractivity contribution in [2.24, 2.45) is 5.10 Å². The van der Waals surface area contributed by atoms with Crippen LogP contribution in [0, 0.1) is 10.1 Å². The van der Waals surface area contributed by atoms with E-state index < -0.39 is 10.5 Å². The smallest absolute Gasteiger partial charge is 0.312 e. The van der Waals surface area contributed by atoms with Crippen molar-refractivity contribution in [1.29, 1.82) is 0 Å². The van der Waals surface area contributed by atoms with E-state index in [1.54, 1.807) is 36.4 Å². The first-order valence-corrected chi connectivity index (χ1v) is 13.2. The number of nitro groups is 1. The largest absolute Gasteiger partial charge is 0.483 e. The van der Waals surface area contributed by atoms with Crippen LogP contribution in [0.5, 0.6) is 5.75 Å². The molecular formula is C27H20Br2N4O5. The van der Waals surface area contributed by atoms with Gasteiger partial charge in [0.15, 0.2) is 5.76 Å². The molecule has 3 aromatic carbocycles. The summed E-state index contributed by atoms with van der Waals surface area (Å²) in [5, 5.41) is 17.4. The molecule has 0 amide bonds. The number of aromatic nitrogens is 2. The maximum atomic E-state index is 13.5. The quantitative estimate of drug-likeness (QED) is 0.105. The summed E-state index contributed by atoms with van der Waals surface area (Å²) in [6.45, 7) is 3.77. The number of benzene rings is 3. The highest BCUT2D eigenvalue weighted by atomic mass is 79.9. The van der Waals surface area contributed by atoms with Gasteiger partial charge >= 0.3 is 5.69 Å². The fourth-order valence-corrected chi connectivity index (χ4v) is 4.79. The number of nitro benzene ring substituents is 1. The minimum atomic E-state index is -0.512. The van der Waals surface area contributed by atoms with Gasteiger partial charge in [0.05, 0.1) is 32.6 Å². The molecule has 0 unspecified atom stereocenters. The predicted molar refractivity (Wildman–Crippen MR) is 153 cm³/mol. The van der Waals surface area contributed by atoms with E-state index in [9.17, 15) is 14.9 Å². The second-order valence-electron chi connectivity index (χ2n) is 8.55. The summed E-state index contributed by atoms with van der Waals surface area (Å²) in [6, 6.07) is 17.3. The summed E-state index contributed by atoms with van der Waals surface area (Å²) in [6.07, 6.45) is 1.84. The van der Waals surface area contributed by atoms with Gasteiger partial charge in [-0.15, -0.1) is 0 Å². The Kier molecular flexibility index (Phi) is 7.13. The summed E-state index contributed by atoms with van der Waals surface area (Å²) in [4.78, 5) is 29.4. The highest BCUT2D eigenvalue weighted by molar-refractivity contribution is 9.10. The van der Waals surface area contributed by atoms with Gasteiger partial charge in [-0.05, 0) is 71.7 Å². The zero-order valence-corrected chi connectivity index (χ0v) is 23.4. The molecule has 0 N–H and O–H groups in total. The van der Waals surface area contributed by atoms with E-state index in [-0.39, 0.29) is 23.4 Å². The van der Waals surface area contributed by atoms with E-state index in [4.69, 9.17) is 9.15 Å². The van der Waals surface area contributed by atoms with Crippen LogP contribution in [-0.2, 0) is 0 Å². The monoisotopic (exact) mass is 638 g/mol. The number of para-hydroxylation sites is 1. The first-order chi connectivity index (χ1) is 18.2. The van der Waals surface area contributed by atoms with Crippen LogP contribution >= 0.6 is 31.9 Å². The van der Waals surface area contributed by atoms with Gasteiger partial charge in [0.1, 0.15) is 5.58 Å². The van der Waals surface area contributed by atoms with Crippen LogP contribution in [0.4, 0.5) is 5.69 Å². The Labute approximate surface area is 233 Å². The zero-order valence-electron chi connectivity index (χ0n) is 20.2. The normalized spacial score (nSPS) is 12.4. The first kappa shape index (κ1) is 25.8. The van der Waals surface area contributed by atoms with Crippen molar-refractivity contribution in [3.8, 4) is 17.3 Å².